The molecule has 21 heavy (non-hydrogen) atoms. The number of nitrogens with zero attached hydrogens (tertiary/aromatic N) is 1. The Kier molecular flexibility index (Phi) is 5.22. The van der Waals surface area contributed by atoms with Gasteiger partial charge in [0.05, 0.1) is 6.54 Å². The second-order valence-electron chi connectivity index (χ2n) is 4.31. The summed E-state index contributed by atoms with van der Waals surface area (Å²) in [7, 11) is 1.69. The van der Waals surface area contributed by atoms with Crippen molar-refractivity contribution in [1.82, 2.24) is 15.6 Å². The van der Waals surface area contributed by atoms with Gasteiger partial charge in [-0.05, 0) is 25.2 Å². The normalized spacial score (nSPS) is 10.2. The van der Waals surface area contributed by atoms with Crippen LogP contribution < -0.4 is 15.4 Å². The highest BCUT2D eigenvalue weighted by Gasteiger charge is 2.10. The standard InChI is InChI=1S/C15H16FN3O2/c1-17-10-14(20)19-9-11-5-4-8-18-15(11)21-13-7-3-2-6-12(13)16/h2-8,17H,9-10H2,1H3,(H,19,20). The van der Waals surface area contributed by atoms with E-state index in [1.165, 1.54) is 12.1 Å². The van der Waals surface area contributed by atoms with E-state index in [1.807, 2.05) is 0 Å². The SMILES string of the molecule is CNCC(=O)NCc1cccnc1Oc1ccccc1F. The third-order valence-corrected chi connectivity index (χ3v) is 2.71. The van der Waals surface area contributed by atoms with E-state index in [2.05, 4.69) is 15.6 Å². The number of rotatable bonds is 6. The van der Waals surface area contributed by atoms with Crippen LogP contribution in [0.5, 0.6) is 11.6 Å². The van der Waals surface area contributed by atoms with Crippen LogP contribution in [0.2, 0.25) is 0 Å². The first-order valence-corrected chi connectivity index (χ1v) is 6.48. The molecule has 0 saturated carbocycles. The van der Waals surface area contributed by atoms with Gasteiger partial charge in [0.25, 0.3) is 0 Å². The molecule has 0 radical (unpaired) electrons. The van der Waals surface area contributed by atoms with Gasteiger partial charge in [0.2, 0.25) is 11.8 Å². The molecule has 0 aliphatic rings. The number of hydrogen-bond donors (Lipinski definition) is 2. The molecule has 0 spiro atoms. The summed E-state index contributed by atoms with van der Waals surface area (Å²) in [4.78, 5) is 15.5. The van der Waals surface area contributed by atoms with Crippen molar-refractivity contribution in [2.24, 2.45) is 0 Å². The van der Waals surface area contributed by atoms with E-state index in [0.29, 0.717) is 5.56 Å². The average molecular weight is 289 g/mol. The van der Waals surface area contributed by atoms with Gasteiger partial charge in [-0.15, -0.1) is 0 Å². The van der Waals surface area contributed by atoms with Crippen LogP contribution in [-0.4, -0.2) is 24.5 Å². The summed E-state index contributed by atoms with van der Waals surface area (Å²) >= 11 is 0. The quantitative estimate of drug-likeness (QED) is 0.852. The van der Waals surface area contributed by atoms with Gasteiger partial charge >= 0.3 is 0 Å². The van der Waals surface area contributed by atoms with Crippen molar-refractivity contribution in [3.8, 4) is 11.6 Å². The Morgan fingerprint density at radius 2 is 2.10 bits per heavy atom. The summed E-state index contributed by atoms with van der Waals surface area (Å²) in [6.07, 6.45) is 1.55. The number of ether oxygens (including phenoxy) is 1. The van der Waals surface area contributed by atoms with Crippen LogP contribution in [0.15, 0.2) is 42.6 Å². The lowest BCUT2D eigenvalue weighted by Gasteiger charge is -2.11. The lowest BCUT2D eigenvalue weighted by molar-refractivity contribution is -0.120. The van der Waals surface area contributed by atoms with Crippen molar-refractivity contribution in [2.45, 2.75) is 6.54 Å². The molecule has 0 unspecified atom stereocenters. The van der Waals surface area contributed by atoms with Crippen molar-refractivity contribution in [3.05, 3.63) is 54.0 Å². The Bertz CT molecular complexity index is 619. The summed E-state index contributed by atoms with van der Waals surface area (Å²) in [5.74, 6) is -0.238. The van der Waals surface area contributed by atoms with E-state index < -0.39 is 5.82 Å². The highest BCUT2D eigenvalue weighted by atomic mass is 19.1. The maximum atomic E-state index is 13.6. The molecular weight excluding hydrogens is 273 g/mol. The van der Waals surface area contributed by atoms with Crippen LogP contribution >= 0.6 is 0 Å². The van der Waals surface area contributed by atoms with Crippen LogP contribution in [0, 0.1) is 5.82 Å². The molecule has 1 heterocycles. The van der Waals surface area contributed by atoms with Gasteiger partial charge in [0, 0.05) is 18.3 Å². The number of benzene rings is 1. The molecule has 1 amide bonds. The largest absolute Gasteiger partial charge is 0.436 e. The number of likely N-dealkylation sites (N-methyl/N-ethyl adjacent to an activating group) is 1. The molecule has 1 aromatic heterocycles. The monoisotopic (exact) mass is 289 g/mol. The Hall–Kier alpha value is -2.47. The van der Waals surface area contributed by atoms with E-state index in [1.54, 1.807) is 37.5 Å². The molecule has 2 rings (SSSR count). The predicted molar refractivity (Wildman–Crippen MR) is 76.5 cm³/mol. The number of carbonyl (C=O) groups excluding carboxylic acids is 1. The van der Waals surface area contributed by atoms with Crippen molar-refractivity contribution in [3.63, 3.8) is 0 Å². The van der Waals surface area contributed by atoms with Crippen LogP contribution in [0.4, 0.5) is 4.39 Å². The van der Waals surface area contributed by atoms with Crippen LogP contribution in [0.3, 0.4) is 0 Å². The second kappa shape index (κ2) is 7.35. The molecule has 6 heteroatoms. The maximum Gasteiger partial charge on any atom is 0.234 e. The van der Waals surface area contributed by atoms with Crippen molar-refractivity contribution >= 4 is 5.91 Å². The molecule has 0 bridgehead atoms. The molecular formula is C15H16FN3O2. The van der Waals surface area contributed by atoms with Crippen molar-refractivity contribution in [1.29, 1.82) is 0 Å². The smallest absolute Gasteiger partial charge is 0.234 e. The fraction of sp³-hybridized carbons (Fsp3) is 0.200. The summed E-state index contributed by atoms with van der Waals surface area (Å²) in [5.41, 5.74) is 0.671. The fourth-order valence-electron chi connectivity index (χ4n) is 1.70. The van der Waals surface area contributed by atoms with E-state index >= 15 is 0 Å². The second-order valence-corrected chi connectivity index (χ2v) is 4.31. The lowest BCUT2D eigenvalue weighted by Crippen LogP contribution is -2.31. The van der Waals surface area contributed by atoms with E-state index in [0.717, 1.165) is 0 Å². The van der Waals surface area contributed by atoms with Crippen LogP contribution in [-0.2, 0) is 11.3 Å². The summed E-state index contributed by atoms with van der Waals surface area (Å²) < 4.78 is 19.1. The molecule has 0 fully saturated rings. The molecule has 1 aromatic carbocycles. The van der Waals surface area contributed by atoms with Crippen molar-refractivity contribution < 1.29 is 13.9 Å². The summed E-state index contributed by atoms with van der Waals surface area (Å²) in [5, 5.41) is 5.48. The van der Waals surface area contributed by atoms with E-state index in [4.69, 9.17) is 4.74 Å². The van der Waals surface area contributed by atoms with Crippen LogP contribution in [0.25, 0.3) is 0 Å². The van der Waals surface area contributed by atoms with Gasteiger partial charge in [-0.3, -0.25) is 4.79 Å². The molecule has 5 nitrogen and oxygen atoms in total. The Morgan fingerprint density at radius 3 is 2.86 bits per heavy atom. The Balaban J connectivity index is 2.10. The number of pyridine rings is 1. The fourth-order valence-corrected chi connectivity index (χ4v) is 1.70. The number of nitrogens with one attached hydrogen (secondary N) is 2. The first kappa shape index (κ1) is 14.9. The molecule has 0 atom stereocenters. The summed E-state index contributed by atoms with van der Waals surface area (Å²) in [6, 6.07) is 9.59. The highest BCUT2D eigenvalue weighted by Crippen LogP contribution is 2.25. The molecule has 0 saturated heterocycles. The first-order chi connectivity index (χ1) is 10.2. The van der Waals surface area contributed by atoms with Gasteiger partial charge in [0.1, 0.15) is 0 Å². The van der Waals surface area contributed by atoms with Gasteiger partial charge in [0.15, 0.2) is 11.6 Å². The zero-order valence-corrected chi connectivity index (χ0v) is 11.6. The van der Waals surface area contributed by atoms with Gasteiger partial charge < -0.3 is 15.4 Å². The molecule has 110 valence electrons. The maximum absolute atomic E-state index is 13.6. The highest BCUT2D eigenvalue weighted by molar-refractivity contribution is 5.77. The minimum absolute atomic E-state index is 0.0963. The van der Waals surface area contributed by atoms with Gasteiger partial charge in [-0.1, -0.05) is 18.2 Å². The number of carbonyl (C=O) groups is 1. The lowest BCUT2D eigenvalue weighted by atomic mass is 10.2. The van der Waals surface area contributed by atoms with E-state index in [-0.39, 0.29) is 30.6 Å². The molecule has 0 aliphatic carbocycles. The number of amides is 1. The third kappa shape index (κ3) is 4.25. The first-order valence-electron chi connectivity index (χ1n) is 6.48. The number of hydrogen-bond acceptors (Lipinski definition) is 4. The molecule has 0 aliphatic heterocycles. The zero-order chi connectivity index (χ0) is 15.1. The Morgan fingerprint density at radius 1 is 1.29 bits per heavy atom. The van der Waals surface area contributed by atoms with E-state index in [9.17, 15) is 9.18 Å². The topological polar surface area (TPSA) is 63.2 Å². The van der Waals surface area contributed by atoms with Crippen molar-refractivity contribution in [2.75, 3.05) is 13.6 Å². The minimum Gasteiger partial charge on any atom is -0.436 e. The Labute approximate surface area is 122 Å². The zero-order valence-electron chi connectivity index (χ0n) is 11.6. The number of halogens is 1. The number of para-hydroxylation sites is 1. The van der Waals surface area contributed by atoms with Gasteiger partial charge in [-0.25, -0.2) is 9.37 Å². The molecule has 2 aromatic rings. The minimum atomic E-state index is -0.465. The van der Waals surface area contributed by atoms with Crippen LogP contribution in [0.1, 0.15) is 5.56 Å². The number of aromatic nitrogens is 1. The van der Waals surface area contributed by atoms with Gasteiger partial charge in [-0.2, -0.15) is 0 Å². The average Bonchev–Trinajstić information content (AvgIpc) is 2.49. The molecule has 2 N–H and O–H groups in total. The summed E-state index contributed by atoms with van der Waals surface area (Å²) in [6.45, 7) is 0.488. The predicted octanol–water partition coefficient (Wildman–Crippen LogP) is 1.85. The third-order valence-electron chi connectivity index (χ3n) is 2.71.